The van der Waals surface area contributed by atoms with Crippen molar-refractivity contribution >= 4 is 6.29 Å². The lowest BCUT2D eigenvalue weighted by atomic mass is 9.75. The normalized spacial score (nSPS) is 35.5. The molecular formula is C10H18O. The van der Waals surface area contributed by atoms with Gasteiger partial charge >= 0.3 is 0 Å². The van der Waals surface area contributed by atoms with Crippen LogP contribution in [0.25, 0.3) is 0 Å². The van der Waals surface area contributed by atoms with Gasteiger partial charge in [0.05, 0.1) is 0 Å². The fourth-order valence-corrected chi connectivity index (χ4v) is 2.14. The molecule has 0 aliphatic heterocycles. The Hall–Kier alpha value is -0.330. The smallest absolute Gasteiger partial charge is 0.120 e. The van der Waals surface area contributed by atoms with Crippen LogP contribution in [-0.4, -0.2) is 6.29 Å². The van der Waals surface area contributed by atoms with E-state index in [4.69, 9.17) is 0 Å². The molecule has 2 atom stereocenters. The van der Waals surface area contributed by atoms with Crippen molar-refractivity contribution in [3.63, 3.8) is 0 Å². The summed E-state index contributed by atoms with van der Waals surface area (Å²) in [6.07, 6.45) is 4.38. The van der Waals surface area contributed by atoms with E-state index in [1.807, 2.05) is 0 Å². The highest BCUT2D eigenvalue weighted by Gasteiger charge is 2.39. The van der Waals surface area contributed by atoms with E-state index < -0.39 is 0 Å². The van der Waals surface area contributed by atoms with Crippen LogP contribution in [-0.2, 0) is 4.79 Å². The number of carbonyl (C=O) groups excluding carboxylic acids is 1. The molecule has 0 aromatic rings. The first-order valence-corrected chi connectivity index (χ1v) is 4.52. The van der Waals surface area contributed by atoms with Gasteiger partial charge in [0.25, 0.3) is 0 Å². The van der Waals surface area contributed by atoms with Gasteiger partial charge in [-0.3, -0.25) is 0 Å². The summed E-state index contributed by atoms with van der Waals surface area (Å²) >= 11 is 0. The van der Waals surface area contributed by atoms with Crippen molar-refractivity contribution < 1.29 is 4.79 Å². The average Bonchev–Trinajstić information content (AvgIpc) is 2.16. The molecule has 0 spiro atoms. The predicted molar refractivity (Wildman–Crippen MR) is 46.4 cm³/mol. The van der Waals surface area contributed by atoms with Gasteiger partial charge < -0.3 is 4.79 Å². The van der Waals surface area contributed by atoms with Gasteiger partial charge in [-0.05, 0) is 30.1 Å². The maximum Gasteiger partial charge on any atom is 0.120 e. The van der Waals surface area contributed by atoms with Crippen molar-refractivity contribution in [1.82, 2.24) is 0 Å². The summed E-state index contributed by atoms with van der Waals surface area (Å²) in [5, 5.41) is 0. The van der Waals surface area contributed by atoms with Gasteiger partial charge in [0.1, 0.15) is 6.29 Å². The Labute approximate surface area is 69.2 Å². The third-order valence-corrected chi connectivity index (χ3v) is 3.65. The third-order valence-electron chi connectivity index (χ3n) is 3.65. The fraction of sp³-hybridized carbons (Fsp3) is 0.900. The second kappa shape index (κ2) is 2.96. The number of hydrogen-bond acceptors (Lipinski definition) is 1. The molecule has 11 heavy (non-hydrogen) atoms. The minimum absolute atomic E-state index is 0.390. The summed E-state index contributed by atoms with van der Waals surface area (Å²) in [4.78, 5) is 10.4. The highest BCUT2D eigenvalue weighted by molar-refractivity contribution is 5.50. The van der Waals surface area contributed by atoms with Crippen LogP contribution in [0.15, 0.2) is 0 Å². The molecule has 1 saturated carbocycles. The van der Waals surface area contributed by atoms with Crippen LogP contribution in [0, 0.1) is 17.3 Å². The Kier molecular flexibility index (Phi) is 2.36. The number of carbonyl (C=O) groups is 1. The molecule has 0 aromatic carbocycles. The second-order valence-electron chi connectivity index (χ2n) is 4.40. The first-order chi connectivity index (χ1) is 5.09. The highest BCUT2D eigenvalue weighted by atomic mass is 16.1. The highest BCUT2D eigenvalue weighted by Crippen LogP contribution is 2.48. The molecule has 1 rings (SSSR count). The maximum absolute atomic E-state index is 10.4. The van der Waals surface area contributed by atoms with Gasteiger partial charge in [-0.25, -0.2) is 0 Å². The minimum atomic E-state index is 0.390. The van der Waals surface area contributed by atoms with Crippen LogP contribution in [0.1, 0.15) is 40.0 Å². The van der Waals surface area contributed by atoms with E-state index in [-0.39, 0.29) is 0 Å². The van der Waals surface area contributed by atoms with Gasteiger partial charge in [0, 0.05) is 6.42 Å². The third kappa shape index (κ3) is 1.47. The first kappa shape index (κ1) is 8.76. The topological polar surface area (TPSA) is 17.1 Å². The zero-order valence-corrected chi connectivity index (χ0v) is 7.76. The molecule has 1 aliphatic rings. The van der Waals surface area contributed by atoms with Crippen LogP contribution in [0.2, 0.25) is 0 Å². The Balaban J connectivity index is 2.62. The lowest BCUT2D eigenvalue weighted by Gasteiger charge is -2.30. The molecule has 0 radical (unpaired) electrons. The Morgan fingerprint density at radius 2 is 2.09 bits per heavy atom. The van der Waals surface area contributed by atoms with Crippen LogP contribution >= 0.6 is 0 Å². The molecule has 0 heterocycles. The molecule has 1 unspecified atom stereocenters. The van der Waals surface area contributed by atoms with Gasteiger partial charge in [0.15, 0.2) is 0 Å². The van der Waals surface area contributed by atoms with Crippen LogP contribution < -0.4 is 0 Å². The van der Waals surface area contributed by atoms with Gasteiger partial charge in [-0.15, -0.1) is 0 Å². The molecule has 1 aliphatic carbocycles. The molecule has 0 bridgehead atoms. The summed E-state index contributed by atoms with van der Waals surface area (Å²) in [6, 6.07) is 0. The van der Waals surface area contributed by atoms with Crippen molar-refractivity contribution in [3.8, 4) is 0 Å². The molecule has 1 nitrogen and oxygen atoms in total. The van der Waals surface area contributed by atoms with E-state index in [9.17, 15) is 4.79 Å². The Bertz CT molecular complexity index is 149. The van der Waals surface area contributed by atoms with Crippen LogP contribution in [0.3, 0.4) is 0 Å². The van der Waals surface area contributed by atoms with Crippen molar-refractivity contribution in [2.45, 2.75) is 40.0 Å². The second-order valence-corrected chi connectivity index (χ2v) is 4.40. The van der Waals surface area contributed by atoms with Crippen LogP contribution in [0.4, 0.5) is 0 Å². The largest absolute Gasteiger partial charge is 0.303 e. The number of rotatable bonds is 2. The predicted octanol–water partition coefficient (Wildman–Crippen LogP) is 2.65. The molecule has 1 heteroatoms. The Morgan fingerprint density at radius 1 is 1.45 bits per heavy atom. The number of aldehydes is 1. The van der Waals surface area contributed by atoms with Gasteiger partial charge in [-0.1, -0.05) is 20.8 Å². The average molecular weight is 154 g/mol. The van der Waals surface area contributed by atoms with E-state index in [0.717, 1.165) is 18.6 Å². The van der Waals surface area contributed by atoms with Gasteiger partial charge in [-0.2, -0.15) is 0 Å². The molecule has 0 aromatic heterocycles. The monoisotopic (exact) mass is 154 g/mol. The van der Waals surface area contributed by atoms with Crippen molar-refractivity contribution in [3.05, 3.63) is 0 Å². The summed E-state index contributed by atoms with van der Waals surface area (Å²) < 4.78 is 0. The quantitative estimate of drug-likeness (QED) is 0.559. The number of hydrogen-bond donors (Lipinski definition) is 0. The first-order valence-electron chi connectivity index (χ1n) is 4.52. The van der Waals surface area contributed by atoms with E-state index in [1.54, 1.807) is 0 Å². The van der Waals surface area contributed by atoms with E-state index in [1.165, 1.54) is 12.8 Å². The molecular weight excluding hydrogens is 136 g/mol. The molecule has 0 saturated heterocycles. The summed E-state index contributed by atoms with van der Waals surface area (Å²) in [7, 11) is 0. The van der Waals surface area contributed by atoms with Crippen molar-refractivity contribution in [2.75, 3.05) is 0 Å². The SMILES string of the molecule is CC1CC[C@H](CC=O)C1(C)C. The van der Waals surface area contributed by atoms with E-state index >= 15 is 0 Å². The molecule has 1 fully saturated rings. The Morgan fingerprint density at radius 3 is 2.45 bits per heavy atom. The zero-order valence-electron chi connectivity index (χ0n) is 7.76. The maximum atomic E-state index is 10.4. The van der Waals surface area contributed by atoms with Crippen molar-refractivity contribution in [1.29, 1.82) is 0 Å². The van der Waals surface area contributed by atoms with Crippen molar-refractivity contribution in [2.24, 2.45) is 17.3 Å². The lowest BCUT2D eigenvalue weighted by Crippen LogP contribution is -2.23. The fourth-order valence-electron chi connectivity index (χ4n) is 2.14. The molecule has 64 valence electrons. The minimum Gasteiger partial charge on any atom is -0.303 e. The van der Waals surface area contributed by atoms with Gasteiger partial charge in [0.2, 0.25) is 0 Å². The lowest BCUT2D eigenvalue weighted by molar-refractivity contribution is -0.109. The molecule has 0 N–H and O–H groups in total. The summed E-state index contributed by atoms with van der Waals surface area (Å²) in [6.45, 7) is 6.88. The van der Waals surface area contributed by atoms with E-state index in [2.05, 4.69) is 20.8 Å². The van der Waals surface area contributed by atoms with Crippen LogP contribution in [0.5, 0.6) is 0 Å². The summed E-state index contributed by atoms with van der Waals surface area (Å²) in [5.74, 6) is 1.42. The summed E-state index contributed by atoms with van der Waals surface area (Å²) in [5.41, 5.74) is 0.390. The molecule has 0 amide bonds. The standard InChI is InChI=1S/C10H18O/c1-8-4-5-9(6-7-11)10(8,2)3/h7-9H,4-6H2,1-3H3/t8?,9-/m1/s1. The zero-order chi connectivity index (χ0) is 8.48. The van der Waals surface area contributed by atoms with E-state index in [0.29, 0.717) is 11.3 Å².